The van der Waals surface area contributed by atoms with Crippen LogP contribution in [0.25, 0.3) is 0 Å². The van der Waals surface area contributed by atoms with Gasteiger partial charge < -0.3 is 9.42 Å². The highest BCUT2D eigenvalue weighted by atomic mass is 16.5. The molecule has 0 unspecified atom stereocenters. The van der Waals surface area contributed by atoms with E-state index in [9.17, 15) is 4.79 Å². The lowest BCUT2D eigenvalue weighted by molar-refractivity contribution is -0.00368. The molecule has 4 aliphatic heterocycles. The number of hydrogen-bond donors (Lipinski definition) is 0. The maximum Gasteiger partial charge on any atom is 0.276 e. The summed E-state index contributed by atoms with van der Waals surface area (Å²) in [4.78, 5) is 17.7. The molecule has 5 heterocycles. The molecule has 1 amide bonds. The lowest BCUT2D eigenvalue weighted by atomic mass is 9.75. The molecule has 0 spiro atoms. The minimum atomic E-state index is 0.0194. The van der Waals surface area contributed by atoms with Crippen molar-refractivity contribution in [2.24, 2.45) is 5.92 Å². The Morgan fingerprint density at radius 3 is 2.58 bits per heavy atom. The summed E-state index contributed by atoms with van der Waals surface area (Å²) in [7, 11) is 0. The molecular formula is C19H21N3O2. The number of fused-ring (bicyclic) bond motifs is 2. The van der Waals surface area contributed by atoms with Crippen molar-refractivity contribution in [3.8, 4) is 0 Å². The number of nitrogens with zero attached hydrogens (tertiary/aromatic N) is 3. The molecule has 2 aromatic rings. The number of hydrogen-bond acceptors (Lipinski definition) is 4. The van der Waals surface area contributed by atoms with Crippen molar-refractivity contribution >= 4 is 5.91 Å². The second kappa shape index (κ2) is 5.45. The fourth-order valence-corrected chi connectivity index (χ4v) is 5.12. The molecule has 4 aliphatic rings. The third-order valence-electron chi connectivity index (χ3n) is 6.14. The second-order valence-corrected chi connectivity index (χ2v) is 7.21. The van der Waals surface area contributed by atoms with Gasteiger partial charge in [-0.2, -0.15) is 0 Å². The third kappa shape index (κ3) is 2.04. The standard InChI is InChI=1S/C19H21N3O2/c23-19(16-8-11-24-20-16)22-12-15(13-4-2-1-3-5-13)18-17(22)14-6-9-21(18)10-7-14/h1-5,8,11,14-15,17-18H,6-7,9-10,12H2/t15-,17+,18+/m0/s1. The number of piperidine rings is 3. The summed E-state index contributed by atoms with van der Waals surface area (Å²) < 4.78 is 4.90. The van der Waals surface area contributed by atoms with E-state index in [0.29, 0.717) is 29.6 Å². The van der Waals surface area contributed by atoms with Crippen LogP contribution in [-0.4, -0.2) is 52.6 Å². The normalized spacial score (nSPS) is 34.3. The Morgan fingerprint density at radius 2 is 1.88 bits per heavy atom. The van der Waals surface area contributed by atoms with E-state index in [4.69, 9.17) is 4.52 Å². The smallest absolute Gasteiger partial charge is 0.276 e. The van der Waals surface area contributed by atoms with Gasteiger partial charge in [0.25, 0.3) is 5.91 Å². The van der Waals surface area contributed by atoms with Crippen LogP contribution < -0.4 is 0 Å². The van der Waals surface area contributed by atoms with Gasteiger partial charge in [0.2, 0.25) is 0 Å². The van der Waals surface area contributed by atoms with Gasteiger partial charge >= 0.3 is 0 Å². The van der Waals surface area contributed by atoms with Crippen LogP contribution in [-0.2, 0) is 0 Å². The Morgan fingerprint density at radius 1 is 1.08 bits per heavy atom. The van der Waals surface area contributed by atoms with Gasteiger partial charge in [-0.05, 0) is 37.4 Å². The molecular weight excluding hydrogens is 302 g/mol. The minimum Gasteiger partial charge on any atom is -0.364 e. The van der Waals surface area contributed by atoms with Gasteiger partial charge in [0, 0.05) is 24.6 Å². The van der Waals surface area contributed by atoms with Gasteiger partial charge in [-0.3, -0.25) is 9.69 Å². The molecule has 0 N–H and O–H groups in total. The maximum atomic E-state index is 13.0. The summed E-state index contributed by atoms with van der Waals surface area (Å²) in [5.74, 6) is 1.02. The molecule has 4 fully saturated rings. The highest BCUT2D eigenvalue weighted by Crippen LogP contribution is 2.46. The summed E-state index contributed by atoms with van der Waals surface area (Å²) >= 11 is 0. The molecule has 0 saturated carbocycles. The Hall–Kier alpha value is -2.14. The van der Waals surface area contributed by atoms with Crippen LogP contribution in [0, 0.1) is 5.92 Å². The lowest BCUT2D eigenvalue weighted by Gasteiger charge is -2.51. The number of carbonyl (C=O) groups excluding carboxylic acids is 1. The second-order valence-electron chi connectivity index (χ2n) is 7.21. The average molecular weight is 323 g/mol. The van der Waals surface area contributed by atoms with Crippen LogP contribution in [0.5, 0.6) is 0 Å². The summed E-state index contributed by atoms with van der Waals surface area (Å²) in [6.07, 6.45) is 3.88. The fraction of sp³-hybridized carbons (Fsp3) is 0.474. The molecule has 0 aliphatic carbocycles. The molecule has 1 aromatic carbocycles. The van der Waals surface area contributed by atoms with Crippen molar-refractivity contribution < 1.29 is 9.32 Å². The van der Waals surface area contributed by atoms with Crippen molar-refractivity contribution in [1.29, 1.82) is 0 Å². The van der Waals surface area contributed by atoms with E-state index in [1.807, 2.05) is 0 Å². The number of rotatable bonds is 2. The van der Waals surface area contributed by atoms with Crippen molar-refractivity contribution in [2.45, 2.75) is 30.8 Å². The quantitative estimate of drug-likeness (QED) is 0.851. The molecule has 24 heavy (non-hydrogen) atoms. The fourth-order valence-electron chi connectivity index (χ4n) is 5.12. The highest BCUT2D eigenvalue weighted by molar-refractivity contribution is 5.92. The highest BCUT2D eigenvalue weighted by Gasteiger charge is 2.54. The first-order valence-corrected chi connectivity index (χ1v) is 8.83. The van der Waals surface area contributed by atoms with E-state index in [0.717, 1.165) is 6.54 Å². The van der Waals surface area contributed by atoms with Crippen LogP contribution in [0.15, 0.2) is 47.2 Å². The molecule has 4 saturated heterocycles. The zero-order valence-electron chi connectivity index (χ0n) is 13.5. The van der Waals surface area contributed by atoms with Gasteiger partial charge in [-0.15, -0.1) is 0 Å². The van der Waals surface area contributed by atoms with Crippen LogP contribution in [0.4, 0.5) is 0 Å². The van der Waals surface area contributed by atoms with Crippen molar-refractivity contribution in [3.05, 3.63) is 53.9 Å². The van der Waals surface area contributed by atoms with Gasteiger partial charge in [0.15, 0.2) is 5.69 Å². The number of amides is 1. The van der Waals surface area contributed by atoms with E-state index < -0.39 is 0 Å². The van der Waals surface area contributed by atoms with Crippen molar-refractivity contribution in [1.82, 2.24) is 15.0 Å². The third-order valence-corrected chi connectivity index (χ3v) is 6.14. The molecule has 1 aromatic heterocycles. The minimum absolute atomic E-state index is 0.0194. The number of benzene rings is 1. The van der Waals surface area contributed by atoms with Crippen LogP contribution in [0.3, 0.4) is 0 Å². The van der Waals surface area contributed by atoms with Crippen LogP contribution in [0.2, 0.25) is 0 Å². The average Bonchev–Trinajstić information content (AvgIpc) is 3.32. The number of likely N-dealkylation sites (tertiary alicyclic amines) is 1. The van der Waals surface area contributed by atoms with Gasteiger partial charge in [-0.25, -0.2) is 0 Å². The van der Waals surface area contributed by atoms with Gasteiger partial charge in [0.1, 0.15) is 6.26 Å². The summed E-state index contributed by atoms with van der Waals surface area (Å²) in [5, 5.41) is 3.88. The van der Waals surface area contributed by atoms with Gasteiger partial charge in [-0.1, -0.05) is 35.5 Å². The first-order chi connectivity index (χ1) is 11.8. The molecule has 3 atom stereocenters. The topological polar surface area (TPSA) is 49.6 Å². The Kier molecular flexibility index (Phi) is 3.23. The maximum absolute atomic E-state index is 13.0. The van der Waals surface area contributed by atoms with Crippen molar-refractivity contribution in [3.63, 3.8) is 0 Å². The predicted molar refractivity (Wildman–Crippen MR) is 88.6 cm³/mol. The molecule has 0 radical (unpaired) electrons. The van der Waals surface area contributed by atoms with Crippen LogP contribution in [0.1, 0.15) is 34.8 Å². The Bertz CT molecular complexity index is 722. The Labute approximate surface area is 141 Å². The summed E-state index contributed by atoms with van der Waals surface area (Å²) in [6, 6.07) is 13.1. The zero-order valence-corrected chi connectivity index (χ0v) is 13.5. The molecule has 2 bridgehead atoms. The molecule has 5 nitrogen and oxygen atoms in total. The number of carbonyl (C=O) groups is 1. The summed E-state index contributed by atoms with van der Waals surface area (Å²) in [6.45, 7) is 3.11. The Balaban J connectivity index is 1.54. The monoisotopic (exact) mass is 323 g/mol. The van der Waals surface area contributed by atoms with Crippen molar-refractivity contribution in [2.75, 3.05) is 19.6 Å². The first-order valence-electron chi connectivity index (χ1n) is 8.83. The van der Waals surface area contributed by atoms with Crippen LogP contribution >= 0.6 is 0 Å². The first kappa shape index (κ1) is 14.2. The molecule has 6 rings (SSSR count). The van der Waals surface area contributed by atoms with Gasteiger partial charge in [0.05, 0.1) is 6.04 Å². The lowest BCUT2D eigenvalue weighted by Crippen LogP contribution is -2.60. The van der Waals surface area contributed by atoms with E-state index in [1.54, 1.807) is 6.07 Å². The predicted octanol–water partition coefficient (Wildman–Crippen LogP) is 2.38. The summed E-state index contributed by atoms with van der Waals surface area (Å²) in [5.41, 5.74) is 1.77. The number of aromatic nitrogens is 1. The van der Waals surface area contributed by atoms with E-state index in [1.165, 1.54) is 37.8 Å². The SMILES string of the molecule is O=C(c1ccon1)N1C[C@@H](c2ccccc2)[C@@H]2[C@H]1C1CCN2CC1. The molecule has 124 valence electrons. The molecule has 5 heteroatoms. The van der Waals surface area contributed by atoms with E-state index in [-0.39, 0.29) is 5.91 Å². The largest absolute Gasteiger partial charge is 0.364 e. The van der Waals surface area contributed by atoms with E-state index >= 15 is 0 Å². The zero-order chi connectivity index (χ0) is 16.1. The van der Waals surface area contributed by atoms with E-state index in [2.05, 4.69) is 45.3 Å².